The Labute approximate surface area is 122 Å². The van der Waals surface area contributed by atoms with Crippen LogP contribution in [0.5, 0.6) is 0 Å². The van der Waals surface area contributed by atoms with Crippen LogP contribution in [0, 0.1) is 0 Å². The summed E-state index contributed by atoms with van der Waals surface area (Å²) >= 11 is 0. The molecule has 2 fully saturated rings. The van der Waals surface area contributed by atoms with Crippen molar-refractivity contribution in [2.45, 2.75) is 44.4 Å². The van der Waals surface area contributed by atoms with Crippen LogP contribution in [-0.2, 0) is 11.2 Å². The summed E-state index contributed by atoms with van der Waals surface area (Å²) in [5.41, 5.74) is 1.39. The molecule has 0 bridgehead atoms. The van der Waals surface area contributed by atoms with Crippen molar-refractivity contribution in [1.29, 1.82) is 0 Å². The monoisotopic (exact) mass is 274 g/mol. The zero-order valence-corrected chi connectivity index (χ0v) is 12.4. The van der Waals surface area contributed by atoms with E-state index in [1.807, 2.05) is 0 Å². The van der Waals surface area contributed by atoms with Gasteiger partial charge in [-0.2, -0.15) is 0 Å². The lowest BCUT2D eigenvalue weighted by Gasteiger charge is -2.39. The third-order valence-corrected chi connectivity index (χ3v) is 4.63. The Balaban J connectivity index is 1.64. The highest BCUT2D eigenvalue weighted by Gasteiger charge is 2.35. The molecule has 2 saturated heterocycles. The summed E-state index contributed by atoms with van der Waals surface area (Å²) in [6, 6.07) is 11.9. The van der Waals surface area contributed by atoms with Gasteiger partial charge in [-0.3, -0.25) is 4.90 Å². The fourth-order valence-corrected chi connectivity index (χ4v) is 3.55. The van der Waals surface area contributed by atoms with Gasteiger partial charge in [0.25, 0.3) is 0 Å². The molecular weight excluding hydrogens is 248 g/mol. The summed E-state index contributed by atoms with van der Waals surface area (Å²) in [6.45, 7) is 6.45. The van der Waals surface area contributed by atoms with Crippen LogP contribution in [0.25, 0.3) is 0 Å². The van der Waals surface area contributed by atoms with Crippen molar-refractivity contribution in [3.05, 3.63) is 35.9 Å². The average Bonchev–Trinajstić information content (AvgIpc) is 2.95. The van der Waals surface area contributed by atoms with Gasteiger partial charge in [0.2, 0.25) is 0 Å². The number of hydrogen-bond donors (Lipinski definition) is 1. The molecule has 3 heteroatoms. The summed E-state index contributed by atoms with van der Waals surface area (Å²) in [4.78, 5) is 2.63. The molecule has 0 aromatic heterocycles. The Bertz CT molecular complexity index is 409. The zero-order valence-electron chi connectivity index (χ0n) is 12.4. The molecule has 20 heavy (non-hydrogen) atoms. The van der Waals surface area contributed by atoms with Gasteiger partial charge in [0.05, 0.1) is 12.7 Å². The molecule has 3 rings (SSSR count). The van der Waals surface area contributed by atoms with E-state index in [2.05, 4.69) is 47.5 Å². The normalized spacial score (nSPS) is 28.2. The molecular formula is C17H26N2O. The van der Waals surface area contributed by atoms with Crippen molar-refractivity contribution in [2.75, 3.05) is 26.2 Å². The van der Waals surface area contributed by atoms with Gasteiger partial charge in [0, 0.05) is 18.6 Å². The van der Waals surface area contributed by atoms with Crippen LogP contribution in [0.1, 0.15) is 25.3 Å². The molecule has 2 aliphatic rings. The van der Waals surface area contributed by atoms with Crippen LogP contribution >= 0.6 is 0 Å². The van der Waals surface area contributed by atoms with E-state index in [9.17, 15) is 0 Å². The lowest BCUT2D eigenvalue weighted by Crippen LogP contribution is -2.54. The number of nitrogens with zero attached hydrogens (tertiary/aromatic N) is 1. The minimum atomic E-state index is 0.324. The quantitative estimate of drug-likeness (QED) is 0.889. The average molecular weight is 274 g/mol. The van der Waals surface area contributed by atoms with Crippen LogP contribution in [0.3, 0.4) is 0 Å². The van der Waals surface area contributed by atoms with Gasteiger partial charge in [-0.15, -0.1) is 0 Å². The maximum absolute atomic E-state index is 6.17. The summed E-state index contributed by atoms with van der Waals surface area (Å²) in [7, 11) is 0. The zero-order chi connectivity index (χ0) is 13.8. The Morgan fingerprint density at radius 2 is 2.20 bits per heavy atom. The number of fused-ring (bicyclic) bond motifs is 1. The number of likely N-dealkylation sites (N-methyl/N-ethyl adjacent to an activating group) is 1. The smallest absolute Gasteiger partial charge is 0.0858 e. The van der Waals surface area contributed by atoms with Crippen LogP contribution in [0.4, 0.5) is 0 Å². The van der Waals surface area contributed by atoms with E-state index in [0.29, 0.717) is 18.2 Å². The second kappa shape index (κ2) is 6.70. The van der Waals surface area contributed by atoms with E-state index in [4.69, 9.17) is 4.74 Å². The first kappa shape index (κ1) is 14.1. The number of hydrogen-bond acceptors (Lipinski definition) is 3. The van der Waals surface area contributed by atoms with Crippen LogP contribution in [-0.4, -0.2) is 49.3 Å². The molecule has 0 radical (unpaired) electrons. The predicted octanol–water partition coefficient (Wildman–Crippen LogP) is 2.07. The second-order valence-corrected chi connectivity index (χ2v) is 6.02. The molecule has 0 spiro atoms. The summed E-state index contributed by atoms with van der Waals surface area (Å²) < 4.78 is 6.17. The molecule has 2 heterocycles. The van der Waals surface area contributed by atoms with Gasteiger partial charge in [-0.25, -0.2) is 0 Å². The predicted molar refractivity (Wildman–Crippen MR) is 81.9 cm³/mol. The van der Waals surface area contributed by atoms with Crippen LogP contribution in [0.15, 0.2) is 30.3 Å². The summed E-state index contributed by atoms with van der Waals surface area (Å²) in [5.74, 6) is 0. The Morgan fingerprint density at radius 3 is 3.00 bits per heavy atom. The topological polar surface area (TPSA) is 24.5 Å². The largest absolute Gasteiger partial charge is 0.374 e. The molecule has 110 valence electrons. The van der Waals surface area contributed by atoms with Crippen molar-refractivity contribution < 1.29 is 4.74 Å². The van der Waals surface area contributed by atoms with E-state index < -0.39 is 0 Å². The molecule has 0 amide bonds. The third kappa shape index (κ3) is 3.22. The third-order valence-electron chi connectivity index (χ3n) is 4.63. The van der Waals surface area contributed by atoms with Crippen molar-refractivity contribution in [2.24, 2.45) is 0 Å². The SMILES string of the molecule is CCNC(Cc1ccccc1)C1CN2CCCC2CO1. The fourth-order valence-electron chi connectivity index (χ4n) is 3.55. The first-order valence-electron chi connectivity index (χ1n) is 7.99. The fraction of sp³-hybridized carbons (Fsp3) is 0.647. The van der Waals surface area contributed by atoms with Gasteiger partial charge >= 0.3 is 0 Å². The van der Waals surface area contributed by atoms with E-state index in [0.717, 1.165) is 26.1 Å². The number of nitrogens with one attached hydrogen (secondary N) is 1. The number of morpholine rings is 1. The molecule has 1 aromatic rings. The first-order chi connectivity index (χ1) is 9.86. The van der Waals surface area contributed by atoms with E-state index in [-0.39, 0.29) is 0 Å². The molecule has 3 unspecified atom stereocenters. The highest BCUT2D eigenvalue weighted by atomic mass is 16.5. The molecule has 2 aliphatic heterocycles. The van der Waals surface area contributed by atoms with Crippen molar-refractivity contribution in [1.82, 2.24) is 10.2 Å². The van der Waals surface area contributed by atoms with Gasteiger partial charge in [0.15, 0.2) is 0 Å². The highest BCUT2D eigenvalue weighted by Crippen LogP contribution is 2.24. The lowest BCUT2D eigenvalue weighted by molar-refractivity contribution is -0.0641. The van der Waals surface area contributed by atoms with Crippen LogP contribution in [0.2, 0.25) is 0 Å². The maximum Gasteiger partial charge on any atom is 0.0858 e. The standard InChI is InChI=1S/C17H26N2O/c1-2-18-16(11-14-7-4-3-5-8-14)17-12-19-10-6-9-15(19)13-20-17/h3-5,7-8,15-18H,2,6,9-13H2,1H3. The van der Waals surface area contributed by atoms with E-state index in [1.54, 1.807) is 0 Å². The molecule has 0 aliphatic carbocycles. The van der Waals surface area contributed by atoms with E-state index in [1.165, 1.54) is 24.9 Å². The minimum Gasteiger partial charge on any atom is -0.374 e. The van der Waals surface area contributed by atoms with Gasteiger partial charge < -0.3 is 10.1 Å². The molecule has 3 nitrogen and oxygen atoms in total. The molecule has 3 atom stereocenters. The first-order valence-corrected chi connectivity index (χ1v) is 7.99. The Hall–Kier alpha value is -0.900. The minimum absolute atomic E-state index is 0.324. The molecule has 0 saturated carbocycles. The maximum atomic E-state index is 6.17. The molecule has 1 aromatic carbocycles. The summed E-state index contributed by atoms with van der Waals surface area (Å²) in [6.07, 6.45) is 4.03. The van der Waals surface area contributed by atoms with Crippen LogP contribution < -0.4 is 5.32 Å². The lowest BCUT2D eigenvalue weighted by atomic mass is 9.99. The van der Waals surface area contributed by atoms with Crippen molar-refractivity contribution in [3.63, 3.8) is 0 Å². The second-order valence-electron chi connectivity index (χ2n) is 6.02. The summed E-state index contributed by atoms with van der Waals surface area (Å²) in [5, 5.41) is 3.63. The van der Waals surface area contributed by atoms with Crippen molar-refractivity contribution >= 4 is 0 Å². The number of rotatable bonds is 5. The molecule has 1 N–H and O–H groups in total. The number of benzene rings is 1. The van der Waals surface area contributed by atoms with E-state index >= 15 is 0 Å². The number of ether oxygens (including phenoxy) is 1. The van der Waals surface area contributed by atoms with Crippen molar-refractivity contribution in [3.8, 4) is 0 Å². The van der Waals surface area contributed by atoms with Gasteiger partial charge in [-0.1, -0.05) is 37.3 Å². The highest BCUT2D eigenvalue weighted by molar-refractivity contribution is 5.16. The Kier molecular flexibility index (Phi) is 4.71. The van der Waals surface area contributed by atoms with Gasteiger partial charge in [-0.05, 0) is 37.9 Å². The van der Waals surface area contributed by atoms with Gasteiger partial charge in [0.1, 0.15) is 0 Å². The Morgan fingerprint density at radius 1 is 1.35 bits per heavy atom.